The highest BCUT2D eigenvalue weighted by molar-refractivity contribution is 7.26. The molecule has 1 nitrogen and oxygen atoms in total. The Morgan fingerprint density at radius 1 is 0.320 bits per heavy atom. The van der Waals surface area contributed by atoms with Crippen molar-refractivity contribution in [2.45, 2.75) is 0 Å². The molecule has 0 radical (unpaired) electrons. The summed E-state index contributed by atoms with van der Waals surface area (Å²) in [4.78, 5) is 2.42. The molecule has 234 valence electrons. The molecule has 1 aromatic heterocycles. The fraction of sp³-hybridized carbons (Fsp3) is 0. The van der Waals surface area contributed by atoms with Gasteiger partial charge < -0.3 is 4.90 Å². The van der Waals surface area contributed by atoms with E-state index in [0.29, 0.717) is 0 Å². The molecule has 50 heavy (non-hydrogen) atoms. The molecule has 0 N–H and O–H groups in total. The third kappa shape index (κ3) is 4.76. The lowest BCUT2D eigenvalue weighted by molar-refractivity contribution is 1.30. The molecule has 0 unspecified atom stereocenters. The number of hydrogen-bond donors (Lipinski definition) is 0. The maximum atomic E-state index is 2.42. The second-order valence-electron chi connectivity index (χ2n) is 12.9. The third-order valence-corrected chi connectivity index (χ3v) is 11.2. The van der Waals surface area contributed by atoms with Crippen LogP contribution in [0.4, 0.5) is 17.1 Å². The van der Waals surface area contributed by atoms with Gasteiger partial charge in [0.05, 0.1) is 5.69 Å². The van der Waals surface area contributed by atoms with Crippen LogP contribution in [0.25, 0.3) is 74.7 Å². The Kier molecular flexibility index (Phi) is 6.75. The molecule has 0 aliphatic rings. The molecule has 0 saturated heterocycles. The van der Waals surface area contributed by atoms with E-state index in [9.17, 15) is 0 Å². The fourth-order valence-corrected chi connectivity index (χ4v) is 8.83. The molecule has 0 aliphatic heterocycles. The van der Waals surface area contributed by atoms with Gasteiger partial charge in [0, 0.05) is 36.9 Å². The number of hydrogen-bond acceptors (Lipinski definition) is 2. The molecule has 0 aliphatic carbocycles. The smallest absolute Gasteiger partial charge is 0.0546 e. The van der Waals surface area contributed by atoms with Gasteiger partial charge in [0.2, 0.25) is 0 Å². The zero-order valence-corrected chi connectivity index (χ0v) is 28.1. The van der Waals surface area contributed by atoms with E-state index in [2.05, 4.69) is 193 Å². The van der Waals surface area contributed by atoms with Gasteiger partial charge >= 0.3 is 0 Å². The number of thiophene rings is 1. The standard InChI is InChI=1S/C48H31NS/c1-2-11-32(12-3-1)34-14-10-15-39(30-34)49(46-31-36-13-4-5-16-40(36)42-17-6-7-18-43(42)46)38-25-21-33(22-26-38)35-23-27-41-37(29-35)24-28-45-44-19-8-9-20-47(44)50-48(41)45/h1-31H. The van der Waals surface area contributed by atoms with Crippen molar-refractivity contribution < 1.29 is 0 Å². The number of nitrogens with zero attached hydrogens (tertiary/aromatic N) is 1. The zero-order chi connectivity index (χ0) is 33.0. The van der Waals surface area contributed by atoms with Gasteiger partial charge in [0.15, 0.2) is 0 Å². The molecule has 0 saturated carbocycles. The predicted octanol–water partition coefficient (Wildman–Crippen LogP) is 14.3. The van der Waals surface area contributed by atoms with E-state index < -0.39 is 0 Å². The van der Waals surface area contributed by atoms with Crippen molar-refractivity contribution in [3.05, 3.63) is 188 Å². The molecule has 2 heteroatoms. The van der Waals surface area contributed by atoms with Crippen molar-refractivity contribution >= 4 is 80.9 Å². The minimum atomic E-state index is 1.12. The summed E-state index contributed by atoms with van der Waals surface area (Å²) < 4.78 is 2.70. The van der Waals surface area contributed by atoms with Crippen molar-refractivity contribution in [2.75, 3.05) is 4.90 Å². The summed E-state index contributed by atoms with van der Waals surface area (Å²) in [5, 5.41) is 10.2. The average Bonchev–Trinajstić information content (AvgIpc) is 3.58. The van der Waals surface area contributed by atoms with Crippen LogP contribution >= 0.6 is 11.3 Å². The first-order valence-corrected chi connectivity index (χ1v) is 17.9. The highest BCUT2D eigenvalue weighted by atomic mass is 32.1. The first-order chi connectivity index (χ1) is 24.8. The third-order valence-electron chi connectivity index (χ3n) is 10.0. The van der Waals surface area contributed by atoms with E-state index in [1.165, 1.54) is 74.7 Å². The SMILES string of the molecule is c1ccc(-c2cccc(N(c3ccc(-c4ccc5c(ccc6c7ccccc7sc56)c4)cc3)c3cc4ccccc4c4ccccc34)c2)cc1. The van der Waals surface area contributed by atoms with Crippen LogP contribution in [-0.2, 0) is 0 Å². The van der Waals surface area contributed by atoms with E-state index in [1.807, 2.05) is 11.3 Å². The van der Waals surface area contributed by atoms with Crippen molar-refractivity contribution in [3.63, 3.8) is 0 Å². The van der Waals surface area contributed by atoms with Gasteiger partial charge in [-0.1, -0.05) is 146 Å². The quantitative estimate of drug-likeness (QED) is 0.167. The summed E-state index contributed by atoms with van der Waals surface area (Å²) in [5.74, 6) is 0. The average molecular weight is 654 g/mol. The molecule has 0 spiro atoms. The Hall–Kier alpha value is -6.22. The number of anilines is 3. The summed E-state index contributed by atoms with van der Waals surface area (Å²) in [5.41, 5.74) is 8.22. The predicted molar refractivity (Wildman–Crippen MR) is 217 cm³/mol. The van der Waals surface area contributed by atoms with Gasteiger partial charge in [-0.25, -0.2) is 0 Å². The van der Waals surface area contributed by atoms with E-state index in [0.717, 1.165) is 17.1 Å². The Labute approximate surface area is 294 Å². The molecule has 0 bridgehead atoms. The Morgan fingerprint density at radius 2 is 0.940 bits per heavy atom. The van der Waals surface area contributed by atoms with E-state index in [-0.39, 0.29) is 0 Å². The van der Waals surface area contributed by atoms with Crippen LogP contribution in [0, 0.1) is 0 Å². The summed E-state index contributed by atoms with van der Waals surface area (Å²) in [6.07, 6.45) is 0. The lowest BCUT2D eigenvalue weighted by Crippen LogP contribution is -2.10. The summed E-state index contributed by atoms with van der Waals surface area (Å²) in [6, 6.07) is 68.7. The van der Waals surface area contributed by atoms with Gasteiger partial charge in [0.1, 0.15) is 0 Å². The maximum absolute atomic E-state index is 2.42. The highest BCUT2D eigenvalue weighted by Crippen LogP contribution is 2.44. The first-order valence-electron chi connectivity index (χ1n) is 17.1. The van der Waals surface area contributed by atoms with Gasteiger partial charge in [-0.3, -0.25) is 0 Å². The molecular formula is C48H31NS. The van der Waals surface area contributed by atoms with Crippen LogP contribution < -0.4 is 4.90 Å². The molecule has 1 heterocycles. The van der Waals surface area contributed by atoms with Gasteiger partial charge in [-0.2, -0.15) is 0 Å². The number of benzene rings is 9. The minimum absolute atomic E-state index is 1.12. The van der Waals surface area contributed by atoms with Crippen LogP contribution in [0.3, 0.4) is 0 Å². The molecule has 10 rings (SSSR count). The van der Waals surface area contributed by atoms with Crippen molar-refractivity contribution in [1.82, 2.24) is 0 Å². The number of rotatable bonds is 5. The summed E-state index contributed by atoms with van der Waals surface area (Å²) in [6.45, 7) is 0. The molecule has 0 fully saturated rings. The Balaban J connectivity index is 1.12. The van der Waals surface area contributed by atoms with Gasteiger partial charge in [-0.05, 0) is 91.6 Å². The monoisotopic (exact) mass is 653 g/mol. The van der Waals surface area contributed by atoms with Crippen molar-refractivity contribution in [2.24, 2.45) is 0 Å². The molecule has 10 aromatic rings. The fourth-order valence-electron chi connectivity index (χ4n) is 7.60. The van der Waals surface area contributed by atoms with Crippen LogP contribution in [0.1, 0.15) is 0 Å². The summed E-state index contributed by atoms with van der Waals surface area (Å²) >= 11 is 1.89. The molecule has 9 aromatic carbocycles. The lowest BCUT2D eigenvalue weighted by Gasteiger charge is -2.28. The van der Waals surface area contributed by atoms with E-state index in [1.54, 1.807) is 0 Å². The molecule has 0 atom stereocenters. The molecule has 0 amide bonds. The van der Waals surface area contributed by atoms with Gasteiger partial charge in [0.25, 0.3) is 0 Å². The van der Waals surface area contributed by atoms with Crippen LogP contribution in [-0.4, -0.2) is 0 Å². The molecular weight excluding hydrogens is 623 g/mol. The zero-order valence-electron chi connectivity index (χ0n) is 27.3. The highest BCUT2D eigenvalue weighted by Gasteiger charge is 2.18. The summed E-state index contributed by atoms with van der Waals surface area (Å²) in [7, 11) is 0. The first kappa shape index (κ1) is 28.8. The van der Waals surface area contributed by atoms with Crippen molar-refractivity contribution in [3.8, 4) is 22.3 Å². The van der Waals surface area contributed by atoms with E-state index in [4.69, 9.17) is 0 Å². The second kappa shape index (κ2) is 11.7. The second-order valence-corrected chi connectivity index (χ2v) is 14.0. The van der Waals surface area contributed by atoms with Crippen LogP contribution in [0.5, 0.6) is 0 Å². The number of fused-ring (bicyclic) bond motifs is 8. The lowest BCUT2D eigenvalue weighted by atomic mass is 9.97. The minimum Gasteiger partial charge on any atom is -0.310 e. The van der Waals surface area contributed by atoms with Crippen molar-refractivity contribution in [1.29, 1.82) is 0 Å². The van der Waals surface area contributed by atoms with E-state index >= 15 is 0 Å². The largest absolute Gasteiger partial charge is 0.310 e. The normalized spacial score (nSPS) is 11.6. The van der Waals surface area contributed by atoms with Crippen LogP contribution in [0.2, 0.25) is 0 Å². The Morgan fingerprint density at radius 3 is 1.80 bits per heavy atom. The maximum Gasteiger partial charge on any atom is 0.0546 e. The topological polar surface area (TPSA) is 3.24 Å². The Bertz CT molecular complexity index is 2870. The van der Waals surface area contributed by atoms with Crippen LogP contribution in [0.15, 0.2) is 188 Å². The van der Waals surface area contributed by atoms with Gasteiger partial charge in [-0.15, -0.1) is 11.3 Å².